The zero-order valence-electron chi connectivity index (χ0n) is 15.1. The van der Waals surface area contributed by atoms with Gasteiger partial charge in [0.15, 0.2) is 0 Å². The molecule has 1 aliphatic rings. The van der Waals surface area contributed by atoms with Crippen molar-refractivity contribution >= 4 is 17.0 Å². The number of rotatable bonds is 6. The Bertz CT molecular complexity index is 1070. The summed E-state index contributed by atoms with van der Waals surface area (Å²) in [5.41, 5.74) is 1.92. The summed E-state index contributed by atoms with van der Waals surface area (Å²) in [5.74, 6) is -6.38. The largest absolute Gasteiger partial charge is 0.477 e. The average Bonchev–Trinajstić information content (AvgIpc) is 3.45. The molecule has 0 aliphatic heterocycles. The second-order valence-corrected chi connectivity index (χ2v) is 7.01. The van der Waals surface area contributed by atoms with E-state index in [1.165, 1.54) is 10.7 Å². The minimum absolute atomic E-state index is 0.0682. The van der Waals surface area contributed by atoms with Gasteiger partial charge in [-0.05, 0) is 42.9 Å². The van der Waals surface area contributed by atoms with Gasteiger partial charge in [-0.1, -0.05) is 19.1 Å². The zero-order valence-corrected chi connectivity index (χ0v) is 15.1. The number of aromatic nitrogens is 3. The van der Waals surface area contributed by atoms with Crippen molar-refractivity contribution in [1.82, 2.24) is 14.8 Å². The number of halogens is 3. The lowest BCUT2D eigenvalue weighted by Crippen LogP contribution is -2.25. The number of alkyl halides is 2. The van der Waals surface area contributed by atoms with Crippen molar-refractivity contribution < 1.29 is 23.1 Å². The number of aliphatic carboxylic acids is 1. The third kappa shape index (κ3) is 3.02. The van der Waals surface area contributed by atoms with E-state index >= 15 is 0 Å². The first-order valence-electron chi connectivity index (χ1n) is 9.07. The molecule has 0 saturated heterocycles. The molecule has 146 valence electrons. The molecule has 1 aliphatic carbocycles. The van der Waals surface area contributed by atoms with E-state index in [2.05, 4.69) is 10.1 Å². The first-order chi connectivity index (χ1) is 13.3. The van der Waals surface area contributed by atoms with Gasteiger partial charge in [0.25, 0.3) is 0 Å². The Morgan fingerprint density at radius 3 is 2.75 bits per heavy atom. The molecule has 0 atom stereocenters. The van der Waals surface area contributed by atoms with Crippen LogP contribution in [0.5, 0.6) is 0 Å². The third-order valence-corrected chi connectivity index (χ3v) is 5.11. The van der Waals surface area contributed by atoms with Crippen LogP contribution in [0.25, 0.3) is 11.0 Å². The van der Waals surface area contributed by atoms with Gasteiger partial charge in [0, 0.05) is 11.8 Å². The van der Waals surface area contributed by atoms with Crippen LogP contribution in [-0.4, -0.2) is 25.8 Å². The second-order valence-electron chi connectivity index (χ2n) is 7.01. The van der Waals surface area contributed by atoms with Gasteiger partial charge in [0.2, 0.25) is 0 Å². The standard InChI is InChI=1S/C20H18F3N3O2/c1-2-16-18-17(8-12(9-24-18)20(22,23)19(27)28)26(25-16)10-14-13(11-6-7-11)4-3-5-15(14)21/h3-5,8-9,11H,2,6-7,10H2,1H3,(H,27,28). The summed E-state index contributed by atoms with van der Waals surface area (Å²) < 4.78 is 43.9. The molecule has 0 spiro atoms. The van der Waals surface area contributed by atoms with E-state index in [1.54, 1.807) is 6.07 Å². The molecular weight excluding hydrogens is 371 g/mol. The van der Waals surface area contributed by atoms with Gasteiger partial charge in [0.05, 0.1) is 23.3 Å². The Hall–Kier alpha value is -2.90. The van der Waals surface area contributed by atoms with Crippen LogP contribution in [0.15, 0.2) is 30.5 Å². The molecule has 8 heteroatoms. The molecule has 0 bridgehead atoms. The molecular formula is C20H18F3N3O2. The fraction of sp³-hybridized carbons (Fsp3) is 0.350. The van der Waals surface area contributed by atoms with Crippen LogP contribution < -0.4 is 0 Å². The Morgan fingerprint density at radius 2 is 2.11 bits per heavy atom. The van der Waals surface area contributed by atoms with Crippen molar-refractivity contribution in [2.75, 3.05) is 0 Å². The van der Waals surface area contributed by atoms with Crippen LogP contribution in [-0.2, 0) is 23.7 Å². The SMILES string of the molecule is CCc1nn(Cc2c(F)cccc2C2CC2)c2cc(C(F)(F)C(=O)O)cnc12. The maximum absolute atomic E-state index is 14.5. The fourth-order valence-corrected chi connectivity index (χ4v) is 3.44. The van der Waals surface area contributed by atoms with E-state index in [4.69, 9.17) is 5.11 Å². The summed E-state index contributed by atoms with van der Waals surface area (Å²) in [7, 11) is 0. The van der Waals surface area contributed by atoms with Crippen LogP contribution in [0.3, 0.4) is 0 Å². The van der Waals surface area contributed by atoms with Crippen molar-refractivity contribution in [1.29, 1.82) is 0 Å². The molecule has 28 heavy (non-hydrogen) atoms. The Morgan fingerprint density at radius 1 is 1.36 bits per heavy atom. The normalized spacial score (nSPS) is 14.6. The van der Waals surface area contributed by atoms with E-state index < -0.39 is 17.5 Å². The molecule has 5 nitrogen and oxygen atoms in total. The van der Waals surface area contributed by atoms with Crippen molar-refractivity contribution in [2.24, 2.45) is 0 Å². The number of hydrogen-bond donors (Lipinski definition) is 1. The molecule has 4 rings (SSSR count). The Balaban J connectivity index is 1.84. The maximum atomic E-state index is 14.5. The number of fused-ring (bicyclic) bond motifs is 1. The van der Waals surface area contributed by atoms with Crippen LogP contribution >= 0.6 is 0 Å². The summed E-state index contributed by atoms with van der Waals surface area (Å²) in [4.78, 5) is 15.0. The van der Waals surface area contributed by atoms with Gasteiger partial charge < -0.3 is 5.11 Å². The highest BCUT2D eigenvalue weighted by molar-refractivity contribution is 5.82. The zero-order chi connectivity index (χ0) is 20.1. The van der Waals surface area contributed by atoms with Gasteiger partial charge in [-0.2, -0.15) is 13.9 Å². The first-order valence-corrected chi connectivity index (χ1v) is 9.07. The second kappa shape index (κ2) is 6.61. The lowest BCUT2D eigenvalue weighted by Gasteiger charge is -2.13. The monoisotopic (exact) mass is 389 g/mol. The van der Waals surface area contributed by atoms with Gasteiger partial charge >= 0.3 is 11.9 Å². The van der Waals surface area contributed by atoms with Crippen LogP contribution in [0.1, 0.15) is 48.1 Å². The highest BCUT2D eigenvalue weighted by Crippen LogP contribution is 2.42. The number of carboxylic acid groups (broad SMARTS) is 1. The van der Waals surface area contributed by atoms with Crippen LogP contribution in [0.2, 0.25) is 0 Å². The molecule has 1 saturated carbocycles. The van der Waals surface area contributed by atoms with E-state index in [1.807, 2.05) is 13.0 Å². The number of nitrogens with zero attached hydrogens (tertiary/aromatic N) is 3. The number of benzene rings is 1. The minimum Gasteiger partial charge on any atom is -0.477 e. The summed E-state index contributed by atoms with van der Waals surface area (Å²) in [5, 5.41) is 13.2. The fourth-order valence-electron chi connectivity index (χ4n) is 3.44. The Labute approximate surface area is 158 Å². The maximum Gasteiger partial charge on any atom is 0.379 e. The molecule has 2 aromatic heterocycles. The van der Waals surface area contributed by atoms with Crippen LogP contribution in [0.4, 0.5) is 13.2 Å². The third-order valence-electron chi connectivity index (χ3n) is 5.11. The number of pyridine rings is 1. The summed E-state index contributed by atoms with van der Waals surface area (Å²) in [6.45, 7) is 1.92. The van der Waals surface area contributed by atoms with Crippen LogP contribution in [0, 0.1) is 5.82 Å². The van der Waals surface area contributed by atoms with Crippen molar-refractivity contribution in [3.8, 4) is 0 Å². The van der Waals surface area contributed by atoms with E-state index in [0.29, 0.717) is 29.1 Å². The van der Waals surface area contributed by atoms with Gasteiger partial charge in [-0.15, -0.1) is 0 Å². The van der Waals surface area contributed by atoms with E-state index in [-0.39, 0.29) is 17.9 Å². The minimum atomic E-state index is -4.07. The van der Waals surface area contributed by atoms with E-state index in [0.717, 1.165) is 30.7 Å². The van der Waals surface area contributed by atoms with Gasteiger partial charge in [-0.25, -0.2) is 9.18 Å². The molecule has 1 N–H and O–H groups in total. The number of carboxylic acids is 1. The molecule has 1 fully saturated rings. The highest BCUT2D eigenvalue weighted by Gasteiger charge is 2.42. The highest BCUT2D eigenvalue weighted by atomic mass is 19.3. The topological polar surface area (TPSA) is 68.0 Å². The lowest BCUT2D eigenvalue weighted by atomic mass is 10.0. The number of carbonyl (C=O) groups is 1. The first kappa shape index (κ1) is 18.5. The van der Waals surface area contributed by atoms with E-state index in [9.17, 15) is 18.0 Å². The molecule has 0 amide bonds. The van der Waals surface area contributed by atoms with Crippen molar-refractivity contribution in [3.63, 3.8) is 0 Å². The Kier molecular flexibility index (Phi) is 4.36. The van der Waals surface area contributed by atoms with Gasteiger partial charge in [-0.3, -0.25) is 9.67 Å². The van der Waals surface area contributed by atoms with Crippen molar-refractivity contribution in [3.05, 3.63) is 58.7 Å². The molecule has 0 radical (unpaired) electrons. The molecule has 3 aromatic rings. The van der Waals surface area contributed by atoms with Gasteiger partial charge in [0.1, 0.15) is 11.3 Å². The predicted octanol–water partition coefficient (Wildman–Crippen LogP) is 4.23. The predicted molar refractivity (Wildman–Crippen MR) is 95.9 cm³/mol. The summed E-state index contributed by atoms with van der Waals surface area (Å²) in [6.07, 6.45) is 3.36. The number of hydrogen-bond acceptors (Lipinski definition) is 3. The van der Waals surface area contributed by atoms with Crippen molar-refractivity contribution in [2.45, 2.75) is 44.6 Å². The quantitative estimate of drug-likeness (QED) is 0.685. The lowest BCUT2D eigenvalue weighted by molar-refractivity contribution is -0.166. The molecule has 2 heterocycles. The molecule has 1 aromatic carbocycles. The summed E-state index contributed by atoms with van der Waals surface area (Å²) >= 11 is 0. The number of aryl methyl sites for hydroxylation is 1. The molecule has 0 unspecified atom stereocenters. The summed E-state index contributed by atoms with van der Waals surface area (Å²) in [6, 6.07) is 6.00. The smallest absolute Gasteiger partial charge is 0.379 e. The average molecular weight is 389 g/mol.